The van der Waals surface area contributed by atoms with E-state index in [9.17, 15) is 9.59 Å². The third-order valence-electron chi connectivity index (χ3n) is 6.85. The van der Waals surface area contributed by atoms with Crippen molar-refractivity contribution in [3.8, 4) is 0 Å². The van der Waals surface area contributed by atoms with Crippen LogP contribution in [-0.2, 0) is 14.3 Å². The SMILES string of the molecule is CC(C)c1ccc(C2CC(N(C)C(=O)C3CC4(COC(=O)C4)C3)C2)cc1. The summed E-state index contributed by atoms with van der Waals surface area (Å²) in [4.78, 5) is 26.0. The Bertz CT molecular complexity index is 697. The van der Waals surface area contributed by atoms with Crippen LogP contribution in [0.4, 0.5) is 0 Å². The number of esters is 1. The normalized spacial score (nSPS) is 32.9. The van der Waals surface area contributed by atoms with E-state index in [-0.39, 0.29) is 23.2 Å². The van der Waals surface area contributed by atoms with Crippen LogP contribution in [0, 0.1) is 11.3 Å². The number of rotatable bonds is 4. The first kappa shape index (κ1) is 17.6. The molecule has 1 aromatic carbocycles. The molecule has 4 rings (SSSR count). The third-order valence-corrected chi connectivity index (χ3v) is 6.85. The molecular formula is C22H29NO3. The number of nitrogens with zero attached hydrogens (tertiary/aromatic N) is 1. The van der Waals surface area contributed by atoms with E-state index in [1.807, 2.05) is 11.9 Å². The van der Waals surface area contributed by atoms with Crippen LogP contribution in [0.25, 0.3) is 0 Å². The second-order valence-corrected chi connectivity index (χ2v) is 9.04. The van der Waals surface area contributed by atoms with Gasteiger partial charge in [-0.2, -0.15) is 0 Å². The van der Waals surface area contributed by atoms with Crippen LogP contribution < -0.4 is 0 Å². The summed E-state index contributed by atoms with van der Waals surface area (Å²) in [6.07, 6.45) is 4.24. The topological polar surface area (TPSA) is 46.6 Å². The van der Waals surface area contributed by atoms with Crippen LogP contribution in [0.3, 0.4) is 0 Å². The average molecular weight is 355 g/mol. The fourth-order valence-electron chi connectivity index (χ4n) is 4.86. The summed E-state index contributed by atoms with van der Waals surface area (Å²) in [6.45, 7) is 4.94. The molecule has 0 atom stereocenters. The molecule has 3 fully saturated rings. The molecule has 2 aliphatic carbocycles. The maximum Gasteiger partial charge on any atom is 0.306 e. The molecule has 1 saturated heterocycles. The summed E-state index contributed by atoms with van der Waals surface area (Å²) in [6, 6.07) is 9.34. The second kappa shape index (κ2) is 6.40. The van der Waals surface area contributed by atoms with Crippen molar-refractivity contribution < 1.29 is 14.3 Å². The van der Waals surface area contributed by atoms with Crippen molar-refractivity contribution in [2.75, 3.05) is 13.7 Å². The summed E-state index contributed by atoms with van der Waals surface area (Å²) in [7, 11) is 1.95. The monoisotopic (exact) mass is 355 g/mol. The fraction of sp³-hybridized carbons (Fsp3) is 0.636. The number of ether oxygens (including phenoxy) is 1. The highest BCUT2D eigenvalue weighted by molar-refractivity contribution is 5.81. The van der Waals surface area contributed by atoms with Crippen LogP contribution in [0.5, 0.6) is 0 Å². The van der Waals surface area contributed by atoms with Gasteiger partial charge in [0.1, 0.15) is 0 Å². The van der Waals surface area contributed by atoms with Gasteiger partial charge in [0.15, 0.2) is 0 Å². The van der Waals surface area contributed by atoms with Gasteiger partial charge in [-0.15, -0.1) is 0 Å². The van der Waals surface area contributed by atoms with Crippen molar-refractivity contribution in [1.82, 2.24) is 4.90 Å². The molecule has 26 heavy (non-hydrogen) atoms. The van der Waals surface area contributed by atoms with Gasteiger partial charge in [-0.1, -0.05) is 38.1 Å². The smallest absolute Gasteiger partial charge is 0.306 e. The van der Waals surface area contributed by atoms with Gasteiger partial charge in [0.2, 0.25) is 5.91 Å². The highest BCUT2D eigenvalue weighted by Crippen LogP contribution is 2.52. The van der Waals surface area contributed by atoms with E-state index in [0.717, 1.165) is 25.7 Å². The van der Waals surface area contributed by atoms with Crippen molar-refractivity contribution >= 4 is 11.9 Å². The molecule has 0 aromatic heterocycles. The van der Waals surface area contributed by atoms with Crippen molar-refractivity contribution in [1.29, 1.82) is 0 Å². The van der Waals surface area contributed by atoms with Gasteiger partial charge in [-0.05, 0) is 48.6 Å². The van der Waals surface area contributed by atoms with Gasteiger partial charge < -0.3 is 9.64 Å². The first-order chi connectivity index (χ1) is 12.4. The summed E-state index contributed by atoms with van der Waals surface area (Å²) in [5.74, 6) is 1.38. The largest absolute Gasteiger partial charge is 0.465 e. The average Bonchev–Trinajstić information content (AvgIpc) is 2.94. The molecule has 0 unspecified atom stereocenters. The first-order valence-electron chi connectivity index (χ1n) is 9.89. The third kappa shape index (κ3) is 3.04. The lowest BCUT2D eigenvalue weighted by molar-refractivity contribution is -0.146. The van der Waals surface area contributed by atoms with E-state index in [4.69, 9.17) is 4.74 Å². The number of hydrogen-bond acceptors (Lipinski definition) is 3. The molecule has 4 heteroatoms. The molecule has 1 aliphatic heterocycles. The predicted molar refractivity (Wildman–Crippen MR) is 99.8 cm³/mol. The van der Waals surface area contributed by atoms with Crippen molar-refractivity contribution in [3.05, 3.63) is 35.4 Å². The van der Waals surface area contributed by atoms with Gasteiger partial charge >= 0.3 is 5.97 Å². The Kier molecular flexibility index (Phi) is 4.32. The minimum Gasteiger partial charge on any atom is -0.465 e. The number of benzene rings is 1. The highest BCUT2D eigenvalue weighted by Gasteiger charge is 2.53. The minimum absolute atomic E-state index is 0.0292. The molecule has 140 valence electrons. The lowest BCUT2D eigenvalue weighted by Gasteiger charge is -2.47. The Hall–Kier alpha value is -1.84. The molecule has 0 bridgehead atoms. The quantitative estimate of drug-likeness (QED) is 0.771. The lowest BCUT2D eigenvalue weighted by Crippen LogP contribution is -2.51. The van der Waals surface area contributed by atoms with Crippen LogP contribution in [0.2, 0.25) is 0 Å². The molecule has 0 N–H and O–H groups in total. The van der Waals surface area contributed by atoms with E-state index in [1.165, 1.54) is 11.1 Å². The summed E-state index contributed by atoms with van der Waals surface area (Å²) in [5.41, 5.74) is 2.75. The summed E-state index contributed by atoms with van der Waals surface area (Å²) in [5, 5.41) is 0. The standard InChI is InChI=1S/C22H29NO3/c1-14(2)15-4-6-16(7-5-15)17-8-19(9-17)23(3)21(25)18-10-22(11-18)12-20(24)26-13-22/h4-7,14,17-19H,8-13H2,1-3H3. The molecule has 1 heterocycles. The zero-order chi connectivity index (χ0) is 18.5. The number of carbonyl (C=O) groups is 2. The van der Waals surface area contributed by atoms with Crippen molar-refractivity contribution in [2.45, 2.75) is 63.8 Å². The molecule has 1 amide bonds. The van der Waals surface area contributed by atoms with Crippen molar-refractivity contribution in [2.24, 2.45) is 11.3 Å². The van der Waals surface area contributed by atoms with Crippen LogP contribution in [0.1, 0.15) is 68.9 Å². The van der Waals surface area contributed by atoms with E-state index < -0.39 is 0 Å². The van der Waals surface area contributed by atoms with Gasteiger partial charge in [-0.25, -0.2) is 0 Å². The maximum absolute atomic E-state index is 12.7. The molecule has 1 aromatic rings. The Labute approximate surface area is 155 Å². The maximum atomic E-state index is 12.7. The zero-order valence-corrected chi connectivity index (χ0v) is 16.0. The Morgan fingerprint density at radius 1 is 1.19 bits per heavy atom. The van der Waals surface area contributed by atoms with Gasteiger partial charge in [0.25, 0.3) is 0 Å². The number of amides is 1. The Morgan fingerprint density at radius 3 is 2.38 bits per heavy atom. The van der Waals surface area contributed by atoms with Gasteiger partial charge in [-0.3, -0.25) is 9.59 Å². The first-order valence-corrected chi connectivity index (χ1v) is 9.89. The van der Waals surface area contributed by atoms with Crippen molar-refractivity contribution in [3.63, 3.8) is 0 Å². The summed E-state index contributed by atoms with van der Waals surface area (Å²) >= 11 is 0. The number of cyclic esters (lactones) is 1. The second-order valence-electron chi connectivity index (χ2n) is 9.04. The molecule has 2 saturated carbocycles. The van der Waals surface area contributed by atoms with E-state index in [0.29, 0.717) is 30.9 Å². The van der Waals surface area contributed by atoms with E-state index in [1.54, 1.807) is 0 Å². The van der Waals surface area contributed by atoms with Crippen LogP contribution >= 0.6 is 0 Å². The fourth-order valence-corrected chi connectivity index (χ4v) is 4.86. The molecule has 0 radical (unpaired) electrons. The molecule has 1 spiro atoms. The lowest BCUT2D eigenvalue weighted by atomic mass is 9.61. The summed E-state index contributed by atoms with van der Waals surface area (Å²) < 4.78 is 5.10. The van der Waals surface area contributed by atoms with E-state index in [2.05, 4.69) is 38.1 Å². The van der Waals surface area contributed by atoms with Gasteiger partial charge in [0, 0.05) is 24.4 Å². The number of carbonyl (C=O) groups excluding carboxylic acids is 2. The Balaban J connectivity index is 1.27. The number of hydrogen-bond donors (Lipinski definition) is 0. The van der Waals surface area contributed by atoms with Crippen LogP contribution in [0.15, 0.2) is 24.3 Å². The zero-order valence-electron chi connectivity index (χ0n) is 16.0. The predicted octanol–water partition coefficient (Wildman–Crippen LogP) is 3.86. The van der Waals surface area contributed by atoms with Gasteiger partial charge in [0.05, 0.1) is 13.0 Å². The molecular weight excluding hydrogens is 326 g/mol. The highest BCUT2D eigenvalue weighted by atomic mass is 16.5. The molecule has 3 aliphatic rings. The minimum atomic E-state index is -0.102. The van der Waals surface area contributed by atoms with E-state index >= 15 is 0 Å². The van der Waals surface area contributed by atoms with Crippen LogP contribution in [-0.4, -0.2) is 36.5 Å². The molecule has 4 nitrogen and oxygen atoms in total. The Morgan fingerprint density at radius 2 is 1.85 bits per heavy atom.